The van der Waals surface area contributed by atoms with Crippen LogP contribution < -0.4 is 10.6 Å². The van der Waals surface area contributed by atoms with Crippen molar-refractivity contribution in [1.29, 1.82) is 0 Å². The number of carbonyl (C=O) groups is 2. The topological polar surface area (TPSA) is 61.4 Å². The molecule has 0 aliphatic carbocycles. The summed E-state index contributed by atoms with van der Waals surface area (Å²) < 4.78 is 13.8. The average molecular weight is 363 g/mol. The number of hydrogen-bond donors (Lipinski definition) is 2. The van der Waals surface area contributed by atoms with Gasteiger partial charge in [-0.15, -0.1) is 0 Å². The van der Waals surface area contributed by atoms with Crippen molar-refractivity contribution in [2.75, 3.05) is 25.0 Å². The number of anilines is 1. The minimum absolute atomic E-state index is 0.195. The summed E-state index contributed by atoms with van der Waals surface area (Å²) in [5, 5.41) is 6.02. The van der Waals surface area contributed by atoms with Crippen LogP contribution in [0, 0.1) is 17.7 Å². The Morgan fingerprint density at radius 2 is 2.04 bits per heavy atom. The maximum absolute atomic E-state index is 13.8. The first-order chi connectivity index (χ1) is 12.2. The van der Waals surface area contributed by atoms with E-state index in [0.717, 1.165) is 19.4 Å². The fraction of sp³-hybridized carbons (Fsp3) is 0.600. The zero-order valence-corrected chi connectivity index (χ0v) is 16.1. The van der Waals surface area contributed by atoms with Crippen molar-refractivity contribution in [3.05, 3.63) is 29.6 Å². The van der Waals surface area contributed by atoms with Crippen LogP contribution >= 0.6 is 0 Å². The molecule has 1 aliphatic heterocycles. The van der Waals surface area contributed by atoms with Crippen LogP contribution in [-0.4, -0.2) is 42.4 Å². The molecular weight excluding hydrogens is 333 g/mol. The number of benzene rings is 1. The number of carbonyl (C=O) groups excluding carboxylic acids is 2. The third kappa shape index (κ3) is 6.09. The first-order valence-corrected chi connectivity index (χ1v) is 9.35. The summed E-state index contributed by atoms with van der Waals surface area (Å²) in [4.78, 5) is 25.8. The highest BCUT2D eigenvalue weighted by Gasteiger charge is 2.26. The molecule has 5 nitrogen and oxygen atoms in total. The highest BCUT2D eigenvalue weighted by atomic mass is 19.1. The summed E-state index contributed by atoms with van der Waals surface area (Å²) in [6.45, 7) is 9.99. The Hall–Kier alpha value is -1.95. The first-order valence-electron chi connectivity index (χ1n) is 9.35. The molecule has 1 aromatic rings. The molecule has 2 amide bonds. The van der Waals surface area contributed by atoms with Crippen LogP contribution in [0.5, 0.6) is 0 Å². The number of rotatable bonds is 6. The van der Waals surface area contributed by atoms with Gasteiger partial charge in [0.1, 0.15) is 5.82 Å². The van der Waals surface area contributed by atoms with E-state index in [1.807, 2.05) is 0 Å². The highest BCUT2D eigenvalue weighted by Crippen LogP contribution is 2.20. The molecule has 1 saturated heterocycles. The fourth-order valence-corrected chi connectivity index (χ4v) is 3.73. The number of nitrogens with one attached hydrogen (secondary N) is 2. The predicted molar refractivity (Wildman–Crippen MR) is 102 cm³/mol. The molecule has 6 heteroatoms. The van der Waals surface area contributed by atoms with Crippen LogP contribution in [-0.2, 0) is 4.79 Å². The third-order valence-corrected chi connectivity index (χ3v) is 4.57. The monoisotopic (exact) mass is 363 g/mol. The normalized spacial score (nSPS) is 18.7. The van der Waals surface area contributed by atoms with Crippen molar-refractivity contribution in [3.63, 3.8) is 0 Å². The molecule has 2 N–H and O–H groups in total. The van der Waals surface area contributed by atoms with Crippen molar-refractivity contribution >= 4 is 17.5 Å². The average Bonchev–Trinajstić information content (AvgIpc) is 2.52. The van der Waals surface area contributed by atoms with Gasteiger partial charge in [0.15, 0.2) is 0 Å². The molecule has 0 aromatic heterocycles. The lowest BCUT2D eigenvalue weighted by molar-refractivity contribution is -0.114. The summed E-state index contributed by atoms with van der Waals surface area (Å²) in [5.41, 5.74) is 0.572. The zero-order chi connectivity index (χ0) is 19.3. The van der Waals surface area contributed by atoms with Gasteiger partial charge < -0.3 is 15.5 Å². The molecule has 144 valence electrons. The SMILES string of the molecule is CC(=O)Nc1cc(F)cc(C(=O)N2CCN[C@@H](CC(C)CC(C)C)C2)c1. The maximum atomic E-state index is 13.8. The molecule has 1 aliphatic rings. The van der Waals surface area contributed by atoms with Gasteiger partial charge in [0, 0.05) is 43.9 Å². The quantitative estimate of drug-likeness (QED) is 0.815. The van der Waals surface area contributed by atoms with Gasteiger partial charge in [-0.3, -0.25) is 9.59 Å². The third-order valence-electron chi connectivity index (χ3n) is 4.57. The van der Waals surface area contributed by atoms with Gasteiger partial charge in [0.05, 0.1) is 0 Å². The van der Waals surface area contributed by atoms with E-state index in [4.69, 9.17) is 0 Å². The van der Waals surface area contributed by atoms with Gasteiger partial charge in [-0.05, 0) is 42.9 Å². The largest absolute Gasteiger partial charge is 0.336 e. The predicted octanol–water partition coefficient (Wildman–Crippen LogP) is 3.27. The van der Waals surface area contributed by atoms with Crippen LogP contribution in [0.25, 0.3) is 0 Å². The number of hydrogen-bond acceptors (Lipinski definition) is 3. The molecule has 2 rings (SSSR count). The van der Waals surface area contributed by atoms with Gasteiger partial charge in [-0.1, -0.05) is 20.8 Å². The van der Waals surface area contributed by atoms with Crippen molar-refractivity contribution in [2.24, 2.45) is 11.8 Å². The molecule has 2 atom stereocenters. The molecule has 0 radical (unpaired) electrons. The Labute approximate surface area is 155 Å². The summed E-state index contributed by atoms with van der Waals surface area (Å²) >= 11 is 0. The Bertz CT molecular complexity index is 648. The van der Waals surface area contributed by atoms with Crippen LogP contribution in [0.4, 0.5) is 10.1 Å². The summed E-state index contributed by atoms with van der Waals surface area (Å²) in [6.07, 6.45) is 2.18. The second kappa shape index (κ2) is 9.12. The molecule has 1 aromatic carbocycles. The summed E-state index contributed by atoms with van der Waals surface area (Å²) in [5.74, 6) is 0.222. The number of nitrogens with zero attached hydrogens (tertiary/aromatic N) is 1. The molecule has 1 fully saturated rings. The lowest BCUT2D eigenvalue weighted by Crippen LogP contribution is -2.53. The Morgan fingerprint density at radius 1 is 1.31 bits per heavy atom. The van der Waals surface area contributed by atoms with Crippen molar-refractivity contribution in [3.8, 4) is 0 Å². The van der Waals surface area contributed by atoms with Crippen molar-refractivity contribution < 1.29 is 14.0 Å². The van der Waals surface area contributed by atoms with Crippen LogP contribution in [0.2, 0.25) is 0 Å². The number of amides is 2. The molecule has 1 unspecified atom stereocenters. The smallest absolute Gasteiger partial charge is 0.254 e. The van der Waals surface area contributed by atoms with Gasteiger partial charge in [0.25, 0.3) is 5.91 Å². The first kappa shape index (κ1) is 20.4. The van der Waals surface area contributed by atoms with E-state index in [1.54, 1.807) is 4.90 Å². The molecule has 0 spiro atoms. The van der Waals surface area contributed by atoms with E-state index in [9.17, 15) is 14.0 Å². The molecule has 0 saturated carbocycles. The van der Waals surface area contributed by atoms with Gasteiger partial charge >= 0.3 is 0 Å². The summed E-state index contributed by atoms with van der Waals surface area (Å²) in [6, 6.07) is 4.23. The number of halogens is 1. The lowest BCUT2D eigenvalue weighted by atomic mass is 9.92. The van der Waals surface area contributed by atoms with Gasteiger partial charge in [-0.2, -0.15) is 0 Å². The lowest BCUT2D eigenvalue weighted by Gasteiger charge is -2.35. The maximum Gasteiger partial charge on any atom is 0.254 e. The van der Waals surface area contributed by atoms with Gasteiger partial charge in [-0.25, -0.2) is 4.39 Å². The molecule has 0 bridgehead atoms. The summed E-state index contributed by atoms with van der Waals surface area (Å²) in [7, 11) is 0. The minimum Gasteiger partial charge on any atom is -0.336 e. The van der Waals surface area contributed by atoms with Gasteiger partial charge in [0.2, 0.25) is 5.91 Å². The second-order valence-corrected chi connectivity index (χ2v) is 7.78. The standard InChI is InChI=1S/C20H30FN3O2/c1-13(2)7-14(3)8-19-12-24(6-5-22-19)20(26)16-9-17(21)11-18(10-16)23-15(4)25/h9-11,13-14,19,22H,5-8,12H2,1-4H3,(H,23,25)/t14?,19-/m0/s1. The molecular formula is C20H30FN3O2. The molecule has 26 heavy (non-hydrogen) atoms. The van der Waals surface area contributed by atoms with Crippen LogP contribution in [0.1, 0.15) is 50.9 Å². The Morgan fingerprint density at radius 3 is 2.69 bits per heavy atom. The van der Waals surface area contributed by atoms with E-state index in [2.05, 4.69) is 31.4 Å². The van der Waals surface area contributed by atoms with E-state index >= 15 is 0 Å². The Kier molecular flexibility index (Phi) is 7.14. The number of piperazine rings is 1. The minimum atomic E-state index is -0.531. The van der Waals surface area contributed by atoms with Crippen molar-refractivity contribution in [1.82, 2.24) is 10.2 Å². The Balaban J connectivity index is 2.04. The highest BCUT2D eigenvalue weighted by molar-refractivity contribution is 5.97. The van der Waals surface area contributed by atoms with E-state index < -0.39 is 5.82 Å². The second-order valence-electron chi connectivity index (χ2n) is 7.78. The van der Waals surface area contributed by atoms with E-state index in [0.29, 0.717) is 30.6 Å². The van der Waals surface area contributed by atoms with Crippen molar-refractivity contribution in [2.45, 2.75) is 46.6 Å². The van der Waals surface area contributed by atoms with E-state index in [1.165, 1.54) is 25.1 Å². The zero-order valence-electron chi connectivity index (χ0n) is 16.1. The van der Waals surface area contributed by atoms with Crippen LogP contribution in [0.15, 0.2) is 18.2 Å². The fourth-order valence-electron chi connectivity index (χ4n) is 3.73. The van der Waals surface area contributed by atoms with Crippen LogP contribution in [0.3, 0.4) is 0 Å². The molecule has 1 heterocycles. The van der Waals surface area contributed by atoms with E-state index in [-0.39, 0.29) is 23.4 Å².